The molecule has 2 heterocycles. The molecule has 96 valence electrons. The second-order valence-electron chi connectivity index (χ2n) is 4.25. The van der Waals surface area contributed by atoms with E-state index in [9.17, 15) is 4.79 Å². The smallest absolute Gasteiger partial charge is 0.291 e. The third-order valence-electron chi connectivity index (χ3n) is 2.89. The van der Waals surface area contributed by atoms with Crippen LogP contribution in [0.2, 0.25) is 0 Å². The molecule has 0 aromatic carbocycles. The zero-order valence-corrected chi connectivity index (χ0v) is 10.9. The molecule has 2 N–H and O–H groups in total. The van der Waals surface area contributed by atoms with E-state index in [0.717, 1.165) is 11.3 Å². The summed E-state index contributed by atoms with van der Waals surface area (Å²) in [6.45, 7) is 5.61. The quantitative estimate of drug-likeness (QED) is 0.834. The Morgan fingerprint density at radius 1 is 1.50 bits per heavy atom. The Bertz CT molecular complexity index is 570. The van der Waals surface area contributed by atoms with Crippen molar-refractivity contribution < 1.29 is 4.79 Å². The van der Waals surface area contributed by atoms with Crippen LogP contribution in [-0.4, -0.2) is 30.9 Å². The minimum absolute atomic E-state index is 0.134. The van der Waals surface area contributed by atoms with Gasteiger partial charge in [-0.05, 0) is 20.8 Å². The van der Waals surface area contributed by atoms with Gasteiger partial charge in [0, 0.05) is 18.3 Å². The predicted molar refractivity (Wildman–Crippen MR) is 64.9 cm³/mol. The van der Waals surface area contributed by atoms with Crippen molar-refractivity contribution in [2.45, 2.75) is 26.8 Å². The molecular weight excluding hydrogens is 232 g/mol. The lowest BCUT2D eigenvalue weighted by atomic mass is 10.1. The maximum atomic E-state index is 11.9. The monoisotopic (exact) mass is 248 g/mol. The van der Waals surface area contributed by atoms with Crippen LogP contribution < -0.4 is 5.32 Å². The zero-order valence-electron chi connectivity index (χ0n) is 10.9. The van der Waals surface area contributed by atoms with Crippen LogP contribution in [-0.2, 0) is 7.05 Å². The normalized spacial score (nSPS) is 12.4. The molecular formula is C11H16N6O. The highest BCUT2D eigenvalue weighted by atomic mass is 16.2. The molecule has 1 atom stereocenters. The largest absolute Gasteiger partial charge is 0.343 e. The highest BCUT2D eigenvalue weighted by Gasteiger charge is 2.17. The van der Waals surface area contributed by atoms with Crippen LogP contribution in [0.15, 0.2) is 6.20 Å². The van der Waals surface area contributed by atoms with Crippen molar-refractivity contribution in [3.63, 3.8) is 0 Å². The van der Waals surface area contributed by atoms with Gasteiger partial charge in [-0.3, -0.25) is 14.6 Å². The number of H-pyrrole nitrogens is 1. The van der Waals surface area contributed by atoms with Crippen molar-refractivity contribution >= 4 is 5.91 Å². The summed E-state index contributed by atoms with van der Waals surface area (Å²) < 4.78 is 1.77. The Labute approximate surface area is 105 Å². The zero-order chi connectivity index (χ0) is 13.3. The number of hydrogen-bond donors (Lipinski definition) is 2. The van der Waals surface area contributed by atoms with Gasteiger partial charge < -0.3 is 5.32 Å². The van der Waals surface area contributed by atoms with Gasteiger partial charge in [-0.15, -0.1) is 5.10 Å². The highest BCUT2D eigenvalue weighted by Crippen LogP contribution is 2.16. The van der Waals surface area contributed by atoms with E-state index in [0.29, 0.717) is 5.82 Å². The lowest BCUT2D eigenvalue weighted by molar-refractivity contribution is 0.0929. The number of hydrogen-bond acceptors (Lipinski definition) is 4. The molecule has 2 aromatic heterocycles. The fourth-order valence-corrected chi connectivity index (χ4v) is 1.72. The second kappa shape index (κ2) is 4.59. The Hall–Kier alpha value is -2.18. The molecule has 7 nitrogen and oxygen atoms in total. The molecule has 7 heteroatoms. The standard InChI is InChI=1S/C11H16N6O/c1-6(9-5-12-17(4)7(9)2)13-11(18)10-14-8(3)15-16-10/h5-6H,1-4H3,(H,13,18)(H,14,15,16). The summed E-state index contributed by atoms with van der Waals surface area (Å²) in [6.07, 6.45) is 1.75. The summed E-state index contributed by atoms with van der Waals surface area (Å²) in [5.74, 6) is 0.473. The average molecular weight is 248 g/mol. The minimum Gasteiger partial charge on any atom is -0.343 e. The van der Waals surface area contributed by atoms with Crippen LogP contribution >= 0.6 is 0 Å². The molecule has 0 saturated carbocycles. The van der Waals surface area contributed by atoms with Gasteiger partial charge in [0.25, 0.3) is 5.91 Å². The van der Waals surface area contributed by atoms with E-state index in [-0.39, 0.29) is 17.8 Å². The summed E-state index contributed by atoms with van der Waals surface area (Å²) in [4.78, 5) is 15.9. The maximum absolute atomic E-state index is 11.9. The summed E-state index contributed by atoms with van der Waals surface area (Å²) >= 11 is 0. The van der Waals surface area contributed by atoms with E-state index in [4.69, 9.17) is 0 Å². The third kappa shape index (κ3) is 2.24. The summed E-state index contributed by atoms with van der Waals surface area (Å²) in [6, 6.07) is -0.134. The molecule has 18 heavy (non-hydrogen) atoms. The molecule has 1 amide bonds. The number of carbonyl (C=O) groups is 1. The van der Waals surface area contributed by atoms with Crippen molar-refractivity contribution in [3.8, 4) is 0 Å². The molecule has 0 fully saturated rings. The van der Waals surface area contributed by atoms with Crippen molar-refractivity contribution in [1.29, 1.82) is 0 Å². The number of aromatic nitrogens is 5. The number of aryl methyl sites for hydroxylation is 2. The van der Waals surface area contributed by atoms with Crippen LogP contribution in [0.3, 0.4) is 0 Å². The van der Waals surface area contributed by atoms with E-state index in [1.54, 1.807) is 17.8 Å². The number of aromatic amines is 1. The van der Waals surface area contributed by atoms with Gasteiger partial charge >= 0.3 is 0 Å². The van der Waals surface area contributed by atoms with Gasteiger partial charge in [0.15, 0.2) is 0 Å². The van der Waals surface area contributed by atoms with E-state index in [2.05, 4.69) is 25.6 Å². The van der Waals surface area contributed by atoms with Crippen molar-refractivity contribution in [1.82, 2.24) is 30.3 Å². The van der Waals surface area contributed by atoms with E-state index in [1.807, 2.05) is 20.9 Å². The predicted octanol–water partition coefficient (Wildman–Crippen LogP) is 0.646. The average Bonchev–Trinajstić information content (AvgIpc) is 2.87. The number of nitrogens with one attached hydrogen (secondary N) is 2. The maximum Gasteiger partial charge on any atom is 0.291 e. The van der Waals surface area contributed by atoms with Gasteiger partial charge in [-0.1, -0.05) is 0 Å². The first-order chi connectivity index (χ1) is 8.49. The highest BCUT2D eigenvalue weighted by molar-refractivity contribution is 5.90. The van der Waals surface area contributed by atoms with E-state index in [1.165, 1.54) is 0 Å². The lowest BCUT2D eigenvalue weighted by Gasteiger charge is -2.12. The van der Waals surface area contributed by atoms with Gasteiger partial charge in [-0.25, -0.2) is 4.98 Å². The Kier molecular flexibility index (Phi) is 3.14. The van der Waals surface area contributed by atoms with E-state index < -0.39 is 0 Å². The van der Waals surface area contributed by atoms with Gasteiger partial charge in [0.2, 0.25) is 5.82 Å². The number of nitrogens with zero attached hydrogens (tertiary/aromatic N) is 4. The lowest BCUT2D eigenvalue weighted by Crippen LogP contribution is -2.28. The molecule has 0 spiro atoms. The molecule has 0 aliphatic rings. The van der Waals surface area contributed by atoms with Crippen LogP contribution in [0.25, 0.3) is 0 Å². The molecule has 0 radical (unpaired) electrons. The topological polar surface area (TPSA) is 88.5 Å². The summed E-state index contributed by atoms with van der Waals surface area (Å²) in [7, 11) is 1.87. The molecule has 1 unspecified atom stereocenters. The molecule has 0 aliphatic carbocycles. The van der Waals surface area contributed by atoms with Crippen molar-refractivity contribution in [3.05, 3.63) is 29.1 Å². The van der Waals surface area contributed by atoms with Crippen LogP contribution in [0.1, 0.15) is 40.7 Å². The van der Waals surface area contributed by atoms with Crippen LogP contribution in [0, 0.1) is 13.8 Å². The van der Waals surface area contributed by atoms with Crippen molar-refractivity contribution in [2.75, 3.05) is 0 Å². The first kappa shape index (κ1) is 12.3. The molecule has 0 saturated heterocycles. The third-order valence-corrected chi connectivity index (χ3v) is 2.89. The number of rotatable bonds is 3. The molecule has 2 aromatic rings. The van der Waals surface area contributed by atoms with Crippen molar-refractivity contribution in [2.24, 2.45) is 7.05 Å². The summed E-state index contributed by atoms with van der Waals surface area (Å²) in [5.41, 5.74) is 2.01. The molecule has 0 aliphatic heterocycles. The minimum atomic E-state index is -0.296. The SMILES string of the molecule is Cc1nc(C(=O)NC(C)c2cnn(C)c2C)n[nH]1. The fraction of sp³-hybridized carbons (Fsp3) is 0.455. The number of amides is 1. The molecule has 0 bridgehead atoms. The first-order valence-corrected chi connectivity index (χ1v) is 5.67. The van der Waals surface area contributed by atoms with Gasteiger partial charge in [-0.2, -0.15) is 5.10 Å². The Morgan fingerprint density at radius 2 is 2.22 bits per heavy atom. The number of carbonyl (C=O) groups excluding carboxylic acids is 1. The van der Waals surface area contributed by atoms with E-state index >= 15 is 0 Å². The van der Waals surface area contributed by atoms with Gasteiger partial charge in [0.05, 0.1) is 12.2 Å². The van der Waals surface area contributed by atoms with Crippen LogP contribution in [0.5, 0.6) is 0 Å². The summed E-state index contributed by atoms with van der Waals surface area (Å²) in [5, 5.41) is 13.5. The van der Waals surface area contributed by atoms with Gasteiger partial charge in [0.1, 0.15) is 5.82 Å². The molecule has 2 rings (SSSR count). The van der Waals surface area contributed by atoms with Crippen LogP contribution in [0.4, 0.5) is 0 Å². The fourth-order valence-electron chi connectivity index (χ4n) is 1.72. The first-order valence-electron chi connectivity index (χ1n) is 5.67. The Balaban J connectivity index is 2.10. The second-order valence-corrected chi connectivity index (χ2v) is 4.25. The Morgan fingerprint density at radius 3 is 2.72 bits per heavy atom.